The van der Waals surface area contributed by atoms with Crippen LogP contribution >= 0.6 is 0 Å². The lowest BCUT2D eigenvalue weighted by atomic mass is 9.82. The molecule has 0 aromatic heterocycles. The average Bonchev–Trinajstić information content (AvgIpc) is 2.80. The maximum atomic E-state index is 3.66. The molecule has 1 heterocycles. The van der Waals surface area contributed by atoms with E-state index in [2.05, 4.69) is 41.4 Å². The van der Waals surface area contributed by atoms with Crippen LogP contribution in [0.3, 0.4) is 0 Å². The van der Waals surface area contributed by atoms with Crippen molar-refractivity contribution in [3.05, 3.63) is 29.8 Å². The molecule has 1 aromatic rings. The highest BCUT2D eigenvalue weighted by atomic mass is 15.1. The molecule has 0 unspecified atom stereocenters. The molecule has 0 atom stereocenters. The molecule has 1 N–H and O–H groups in total. The Hall–Kier alpha value is -1.02. The van der Waals surface area contributed by atoms with Gasteiger partial charge in [-0.05, 0) is 62.4 Å². The van der Waals surface area contributed by atoms with Crippen molar-refractivity contribution in [1.82, 2.24) is 4.90 Å². The second kappa shape index (κ2) is 5.31. The van der Waals surface area contributed by atoms with Gasteiger partial charge in [0.05, 0.1) is 0 Å². The van der Waals surface area contributed by atoms with Gasteiger partial charge in [0.2, 0.25) is 0 Å². The van der Waals surface area contributed by atoms with Crippen LogP contribution in [-0.4, -0.2) is 24.0 Å². The van der Waals surface area contributed by atoms with Gasteiger partial charge in [-0.1, -0.05) is 19.1 Å². The number of benzene rings is 1. The van der Waals surface area contributed by atoms with Gasteiger partial charge in [-0.2, -0.15) is 0 Å². The van der Waals surface area contributed by atoms with Crippen molar-refractivity contribution in [1.29, 1.82) is 0 Å². The van der Waals surface area contributed by atoms with Crippen LogP contribution in [-0.2, 0) is 6.54 Å². The van der Waals surface area contributed by atoms with E-state index in [1.807, 2.05) is 0 Å². The molecule has 0 bridgehead atoms. The van der Waals surface area contributed by atoms with E-state index < -0.39 is 0 Å². The third kappa shape index (κ3) is 2.86. The third-order valence-corrected chi connectivity index (χ3v) is 4.28. The predicted octanol–water partition coefficient (Wildman–Crippen LogP) is 3.49. The highest BCUT2D eigenvalue weighted by Crippen LogP contribution is 2.29. The summed E-state index contributed by atoms with van der Waals surface area (Å²) in [5, 5.41) is 3.66. The Kier molecular flexibility index (Phi) is 3.55. The zero-order chi connectivity index (χ0) is 12.4. The van der Waals surface area contributed by atoms with Crippen LogP contribution in [0.25, 0.3) is 0 Å². The molecule has 3 rings (SSSR count). The molecule has 0 amide bonds. The quantitative estimate of drug-likeness (QED) is 0.872. The molecule has 98 valence electrons. The minimum atomic E-state index is 0.710. The van der Waals surface area contributed by atoms with Gasteiger partial charge >= 0.3 is 0 Å². The zero-order valence-corrected chi connectivity index (χ0v) is 11.4. The number of nitrogens with one attached hydrogen (secondary N) is 1. The zero-order valence-electron chi connectivity index (χ0n) is 11.4. The fraction of sp³-hybridized carbons (Fsp3) is 0.625. The fourth-order valence-electron chi connectivity index (χ4n) is 3.21. The molecule has 1 aliphatic carbocycles. The van der Waals surface area contributed by atoms with E-state index in [1.165, 1.54) is 50.0 Å². The summed E-state index contributed by atoms with van der Waals surface area (Å²) < 4.78 is 0. The van der Waals surface area contributed by atoms with E-state index in [-0.39, 0.29) is 0 Å². The van der Waals surface area contributed by atoms with Crippen LogP contribution in [0.4, 0.5) is 5.69 Å². The van der Waals surface area contributed by atoms with Gasteiger partial charge in [-0.15, -0.1) is 0 Å². The van der Waals surface area contributed by atoms with Crippen LogP contribution in [0.2, 0.25) is 0 Å². The van der Waals surface area contributed by atoms with Gasteiger partial charge in [0.15, 0.2) is 0 Å². The molecule has 1 aliphatic heterocycles. The predicted molar refractivity (Wildman–Crippen MR) is 76.8 cm³/mol. The molecule has 2 heteroatoms. The lowest BCUT2D eigenvalue weighted by Crippen LogP contribution is -2.33. The molecule has 2 fully saturated rings. The molecule has 2 nitrogen and oxygen atoms in total. The van der Waals surface area contributed by atoms with Crippen LogP contribution in [0.15, 0.2) is 24.3 Å². The molecule has 18 heavy (non-hydrogen) atoms. The number of anilines is 1. The summed E-state index contributed by atoms with van der Waals surface area (Å²) in [5.41, 5.74) is 2.76. The van der Waals surface area contributed by atoms with E-state index >= 15 is 0 Å². The van der Waals surface area contributed by atoms with Gasteiger partial charge < -0.3 is 5.32 Å². The summed E-state index contributed by atoms with van der Waals surface area (Å²) in [6, 6.07) is 9.70. The Morgan fingerprint density at radius 2 is 2.00 bits per heavy atom. The van der Waals surface area contributed by atoms with Crippen molar-refractivity contribution in [2.75, 3.05) is 18.4 Å². The van der Waals surface area contributed by atoms with Crippen LogP contribution < -0.4 is 5.32 Å². The molecule has 2 aliphatic rings. The first kappa shape index (κ1) is 12.0. The smallest absolute Gasteiger partial charge is 0.0345 e. The van der Waals surface area contributed by atoms with Crippen LogP contribution in [0, 0.1) is 5.92 Å². The molecular weight excluding hydrogens is 220 g/mol. The summed E-state index contributed by atoms with van der Waals surface area (Å²) in [5.74, 6) is 0.912. The van der Waals surface area contributed by atoms with Gasteiger partial charge in [0.25, 0.3) is 0 Å². The van der Waals surface area contributed by atoms with Crippen molar-refractivity contribution >= 4 is 5.69 Å². The molecule has 1 aromatic carbocycles. The number of nitrogens with zero attached hydrogens (tertiary/aromatic N) is 1. The van der Waals surface area contributed by atoms with Crippen molar-refractivity contribution < 1.29 is 0 Å². The topological polar surface area (TPSA) is 15.3 Å². The Bertz CT molecular complexity index is 390. The number of likely N-dealkylation sites (tertiary alicyclic amines) is 1. The Morgan fingerprint density at radius 1 is 1.22 bits per heavy atom. The van der Waals surface area contributed by atoms with E-state index in [1.54, 1.807) is 0 Å². The summed E-state index contributed by atoms with van der Waals surface area (Å²) in [7, 11) is 0. The fourth-order valence-corrected chi connectivity index (χ4v) is 3.21. The SMILES string of the molecule is CC1CC(Nc2cccc(CN3CCCC3)c2)C1. The molecule has 1 saturated carbocycles. The maximum absolute atomic E-state index is 3.66. The van der Waals surface area contributed by atoms with E-state index in [0.717, 1.165) is 12.5 Å². The van der Waals surface area contributed by atoms with E-state index in [0.29, 0.717) is 6.04 Å². The van der Waals surface area contributed by atoms with E-state index in [4.69, 9.17) is 0 Å². The minimum absolute atomic E-state index is 0.710. The van der Waals surface area contributed by atoms with Gasteiger partial charge in [-0.3, -0.25) is 4.90 Å². The van der Waals surface area contributed by atoms with Crippen molar-refractivity contribution in [2.45, 2.75) is 45.2 Å². The van der Waals surface area contributed by atoms with Crippen molar-refractivity contribution in [3.63, 3.8) is 0 Å². The second-order valence-corrected chi connectivity index (χ2v) is 6.10. The first-order chi connectivity index (χ1) is 8.79. The Balaban J connectivity index is 1.58. The third-order valence-electron chi connectivity index (χ3n) is 4.28. The highest BCUT2D eigenvalue weighted by molar-refractivity contribution is 5.47. The van der Waals surface area contributed by atoms with Crippen molar-refractivity contribution in [2.24, 2.45) is 5.92 Å². The molecular formula is C16H24N2. The normalized spacial score (nSPS) is 28.1. The van der Waals surface area contributed by atoms with Gasteiger partial charge in [0, 0.05) is 18.3 Å². The maximum Gasteiger partial charge on any atom is 0.0345 e. The van der Waals surface area contributed by atoms with E-state index in [9.17, 15) is 0 Å². The summed E-state index contributed by atoms with van der Waals surface area (Å²) in [4.78, 5) is 2.56. The lowest BCUT2D eigenvalue weighted by Gasteiger charge is -2.34. The lowest BCUT2D eigenvalue weighted by molar-refractivity contribution is 0.309. The van der Waals surface area contributed by atoms with Crippen molar-refractivity contribution in [3.8, 4) is 0 Å². The standard InChI is InChI=1S/C16H24N2/c1-13-9-16(10-13)17-15-6-4-5-14(11-15)12-18-7-2-3-8-18/h4-6,11,13,16-17H,2-3,7-10,12H2,1H3. The minimum Gasteiger partial charge on any atom is -0.382 e. The van der Waals surface area contributed by atoms with Gasteiger partial charge in [0.1, 0.15) is 0 Å². The average molecular weight is 244 g/mol. The van der Waals surface area contributed by atoms with Crippen LogP contribution in [0.5, 0.6) is 0 Å². The Labute approximate surface area is 110 Å². The summed E-state index contributed by atoms with van der Waals surface area (Å²) >= 11 is 0. The first-order valence-electron chi connectivity index (χ1n) is 7.37. The second-order valence-electron chi connectivity index (χ2n) is 6.10. The molecule has 0 spiro atoms. The summed E-state index contributed by atoms with van der Waals surface area (Å²) in [6.07, 6.45) is 5.41. The highest BCUT2D eigenvalue weighted by Gasteiger charge is 2.24. The summed E-state index contributed by atoms with van der Waals surface area (Å²) in [6.45, 7) is 6.01. The monoisotopic (exact) mass is 244 g/mol. The Morgan fingerprint density at radius 3 is 2.72 bits per heavy atom. The molecule has 1 saturated heterocycles. The largest absolute Gasteiger partial charge is 0.382 e. The number of hydrogen-bond donors (Lipinski definition) is 1. The first-order valence-corrected chi connectivity index (χ1v) is 7.37. The number of hydrogen-bond acceptors (Lipinski definition) is 2. The van der Waals surface area contributed by atoms with Gasteiger partial charge in [-0.25, -0.2) is 0 Å². The molecule has 0 radical (unpaired) electrons. The van der Waals surface area contributed by atoms with Crippen LogP contribution in [0.1, 0.15) is 38.2 Å². The number of rotatable bonds is 4.